The Morgan fingerprint density at radius 2 is 2.05 bits per heavy atom. The van der Waals surface area contributed by atoms with Crippen molar-refractivity contribution < 1.29 is 9.53 Å². The summed E-state index contributed by atoms with van der Waals surface area (Å²) in [6.45, 7) is 5.07. The van der Waals surface area contributed by atoms with Gasteiger partial charge in [0.2, 0.25) is 0 Å². The summed E-state index contributed by atoms with van der Waals surface area (Å²) in [4.78, 5) is 24.7. The molecule has 38 heavy (non-hydrogen) atoms. The topological polar surface area (TPSA) is 91.1 Å². The number of pyridine rings is 2. The smallest absolute Gasteiger partial charge is 0.251 e. The largest absolute Gasteiger partial charge is 0.375 e. The standard InChI is InChI=1S/C31H29N5O2/c1-31(18-32)19-38-17-24-7-6-22(11-27(24)31)30(37)34-14-26-12-29-23(13-33-26)8-9-28(35-29)21-5-3-4-20(10-21)25-15-36(2)16-25/h3-13,25H,14-17,19H2,1-2H3,(H,34,37)/t31-/m1/s1. The Hall–Kier alpha value is -4.12. The molecule has 2 aliphatic rings. The molecule has 0 spiro atoms. The summed E-state index contributed by atoms with van der Waals surface area (Å²) < 4.78 is 5.57. The molecule has 1 fully saturated rings. The number of likely N-dealkylation sites (tertiary alicyclic amines) is 1. The van der Waals surface area contributed by atoms with Crippen LogP contribution in [0.2, 0.25) is 0 Å². The van der Waals surface area contributed by atoms with Gasteiger partial charge in [0.05, 0.1) is 42.7 Å². The van der Waals surface area contributed by atoms with Crippen molar-refractivity contribution in [2.45, 2.75) is 31.4 Å². The van der Waals surface area contributed by atoms with Gasteiger partial charge in [0, 0.05) is 41.7 Å². The monoisotopic (exact) mass is 503 g/mol. The third-order valence-corrected chi connectivity index (χ3v) is 7.64. The van der Waals surface area contributed by atoms with E-state index in [2.05, 4.69) is 52.6 Å². The quantitative estimate of drug-likeness (QED) is 0.429. The Kier molecular flexibility index (Phi) is 6.15. The molecule has 2 aromatic heterocycles. The fourth-order valence-corrected chi connectivity index (χ4v) is 5.34. The minimum atomic E-state index is -0.763. The van der Waals surface area contributed by atoms with Gasteiger partial charge in [-0.15, -0.1) is 0 Å². The van der Waals surface area contributed by atoms with Crippen LogP contribution in [0.3, 0.4) is 0 Å². The Morgan fingerprint density at radius 1 is 1.18 bits per heavy atom. The zero-order valence-corrected chi connectivity index (χ0v) is 21.6. The number of rotatable bonds is 5. The van der Waals surface area contributed by atoms with Crippen molar-refractivity contribution >= 4 is 16.8 Å². The zero-order chi connectivity index (χ0) is 26.3. The van der Waals surface area contributed by atoms with Gasteiger partial charge in [0.25, 0.3) is 5.91 Å². The van der Waals surface area contributed by atoms with E-state index < -0.39 is 5.41 Å². The maximum absolute atomic E-state index is 13.0. The fraction of sp³-hybridized carbons (Fsp3) is 0.290. The van der Waals surface area contributed by atoms with E-state index in [-0.39, 0.29) is 12.5 Å². The van der Waals surface area contributed by atoms with E-state index in [0.29, 0.717) is 24.7 Å². The Morgan fingerprint density at radius 3 is 2.87 bits per heavy atom. The second kappa shape index (κ2) is 9.64. The SMILES string of the molecule is CN1CC(c2cccc(-c3ccc4cnc(CNC(=O)c5ccc6c(c5)[C@](C)(C#N)COC6)cc4n3)c2)C1. The van der Waals surface area contributed by atoms with E-state index in [9.17, 15) is 10.1 Å². The number of hydrogen-bond donors (Lipinski definition) is 1. The van der Waals surface area contributed by atoms with Gasteiger partial charge in [-0.1, -0.05) is 24.3 Å². The first-order chi connectivity index (χ1) is 18.4. The molecule has 0 aliphatic carbocycles. The highest BCUT2D eigenvalue weighted by atomic mass is 16.5. The lowest BCUT2D eigenvalue weighted by Crippen LogP contribution is -2.41. The third kappa shape index (κ3) is 4.53. The van der Waals surface area contributed by atoms with Crippen LogP contribution in [0.15, 0.2) is 66.9 Å². The number of fused-ring (bicyclic) bond motifs is 2. The van der Waals surface area contributed by atoms with E-state index in [1.807, 2.05) is 37.3 Å². The van der Waals surface area contributed by atoms with Crippen LogP contribution in [0.5, 0.6) is 0 Å². The first-order valence-corrected chi connectivity index (χ1v) is 12.9. The average Bonchev–Trinajstić information content (AvgIpc) is 2.94. The molecule has 190 valence electrons. The molecule has 6 rings (SSSR count). The van der Waals surface area contributed by atoms with E-state index >= 15 is 0 Å². The molecule has 7 nitrogen and oxygen atoms in total. The lowest BCUT2D eigenvalue weighted by Gasteiger charge is -2.36. The number of aromatic nitrogens is 2. The van der Waals surface area contributed by atoms with Crippen molar-refractivity contribution in [3.05, 3.63) is 94.8 Å². The molecule has 7 heteroatoms. The molecule has 0 unspecified atom stereocenters. The number of amides is 1. The van der Waals surface area contributed by atoms with Crippen molar-refractivity contribution in [1.29, 1.82) is 5.26 Å². The lowest BCUT2D eigenvalue weighted by atomic mass is 9.79. The summed E-state index contributed by atoms with van der Waals surface area (Å²) in [5.74, 6) is 0.374. The highest BCUT2D eigenvalue weighted by molar-refractivity contribution is 5.94. The van der Waals surface area contributed by atoms with Crippen LogP contribution in [0.4, 0.5) is 0 Å². The van der Waals surface area contributed by atoms with Crippen molar-refractivity contribution in [2.24, 2.45) is 0 Å². The summed E-state index contributed by atoms with van der Waals surface area (Å²) in [6.07, 6.45) is 1.80. The predicted octanol–water partition coefficient (Wildman–Crippen LogP) is 4.57. The van der Waals surface area contributed by atoms with Crippen LogP contribution in [-0.2, 0) is 23.3 Å². The normalized spacial score (nSPS) is 19.4. The highest BCUT2D eigenvalue weighted by Gasteiger charge is 2.33. The fourth-order valence-electron chi connectivity index (χ4n) is 5.34. The number of carbonyl (C=O) groups is 1. The highest BCUT2D eigenvalue weighted by Crippen LogP contribution is 2.33. The number of hydrogen-bond acceptors (Lipinski definition) is 6. The number of nitrogens with zero attached hydrogens (tertiary/aromatic N) is 4. The molecule has 1 amide bonds. The molecule has 1 N–H and O–H groups in total. The van der Waals surface area contributed by atoms with Gasteiger partial charge >= 0.3 is 0 Å². The summed E-state index contributed by atoms with van der Waals surface area (Å²) in [5.41, 5.74) is 6.51. The number of nitrogens with one attached hydrogen (secondary N) is 1. The molecular weight excluding hydrogens is 474 g/mol. The van der Waals surface area contributed by atoms with Gasteiger partial charge < -0.3 is 15.0 Å². The summed E-state index contributed by atoms with van der Waals surface area (Å²) >= 11 is 0. The Balaban J connectivity index is 1.19. The van der Waals surface area contributed by atoms with E-state index in [1.165, 1.54) is 5.56 Å². The van der Waals surface area contributed by atoms with Crippen LogP contribution in [0.25, 0.3) is 22.2 Å². The molecule has 2 aromatic carbocycles. The minimum Gasteiger partial charge on any atom is -0.375 e. The van der Waals surface area contributed by atoms with Gasteiger partial charge in [-0.25, -0.2) is 4.98 Å². The maximum Gasteiger partial charge on any atom is 0.251 e. The first-order valence-electron chi connectivity index (χ1n) is 12.9. The van der Waals surface area contributed by atoms with Crippen molar-refractivity contribution in [3.8, 4) is 17.3 Å². The van der Waals surface area contributed by atoms with E-state index in [1.54, 1.807) is 12.3 Å². The zero-order valence-electron chi connectivity index (χ0n) is 21.6. The van der Waals surface area contributed by atoms with E-state index in [4.69, 9.17) is 9.72 Å². The molecule has 2 aliphatic heterocycles. The summed E-state index contributed by atoms with van der Waals surface area (Å²) in [7, 11) is 2.14. The number of nitriles is 1. The van der Waals surface area contributed by atoms with Crippen molar-refractivity contribution in [2.75, 3.05) is 26.7 Å². The van der Waals surface area contributed by atoms with Crippen molar-refractivity contribution in [1.82, 2.24) is 20.2 Å². The molecule has 0 bridgehead atoms. The molecule has 4 aromatic rings. The van der Waals surface area contributed by atoms with Gasteiger partial charge in [-0.2, -0.15) is 5.26 Å². The summed E-state index contributed by atoms with van der Waals surface area (Å²) in [6, 6.07) is 22.5. The number of benzene rings is 2. The average molecular weight is 504 g/mol. The second-order valence-corrected chi connectivity index (χ2v) is 10.6. The van der Waals surface area contributed by atoms with Crippen molar-refractivity contribution in [3.63, 3.8) is 0 Å². The van der Waals surface area contributed by atoms with Gasteiger partial charge in [-0.05, 0) is 67.1 Å². The molecule has 1 atom stereocenters. The lowest BCUT2D eigenvalue weighted by molar-refractivity contribution is 0.0757. The number of ether oxygens (including phenoxy) is 1. The third-order valence-electron chi connectivity index (χ3n) is 7.64. The van der Waals surface area contributed by atoms with Gasteiger partial charge in [0.1, 0.15) is 5.41 Å². The van der Waals surface area contributed by atoms with E-state index in [0.717, 1.165) is 52.1 Å². The number of carbonyl (C=O) groups excluding carboxylic acids is 1. The van der Waals surface area contributed by atoms with Crippen LogP contribution in [-0.4, -0.2) is 47.5 Å². The predicted molar refractivity (Wildman–Crippen MR) is 145 cm³/mol. The first kappa shape index (κ1) is 24.2. The second-order valence-electron chi connectivity index (χ2n) is 10.6. The molecule has 0 saturated carbocycles. The number of likely N-dealkylation sites (N-methyl/N-ethyl adjacent to an activating group) is 1. The Bertz CT molecular complexity index is 1590. The van der Waals surface area contributed by atoms with Crippen LogP contribution in [0, 0.1) is 11.3 Å². The maximum atomic E-state index is 13.0. The van der Waals surface area contributed by atoms with Crippen LogP contribution < -0.4 is 5.32 Å². The van der Waals surface area contributed by atoms with Gasteiger partial charge in [-0.3, -0.25) is 9.78 Å². The molecular formula is C31H29N5O2. The van der Waals surface area contributed by atoms with Crippen LogP contribution >= 0.6 is 0 Å². The molecule has 1 saturated heterocycles. The van der Waals surface area contributed by atoms with Crippen LogP contribution in [0.1, 0.15) is 45.6 Å². The summed E-state index contributed by atoms with van der Waals surface area (Å²) in [5, 5.41) is 13.6. The molecule has 4 heterocycles. The molecule has 0 radical (unpaired) electrons. The minimum absolute atomic E-state index is 0.207. The van der Waals surface area contributed by atoms with Gasteiger partial charge in [0.15, 0.2) is 0 Å². The Labute approximate surface area is 222 Å².